The first kappa shape index (κ1) is 11.5. The van der Waals surface area contributed by atoms with E-state index in [2.05, 4.69) is 15.0 Å². The zero-order chi connectivity index (χ0) is 11.3. The summed E-state index contributed by atoms with van der Waals surface area (Å²) in [6, 6.07) is 0. The monoisotopic (exact) mass is 211 g/mol. The van der Waals surface area contributed by atoms with E-state index in [-0.39, 0.29) is 5.84 Å². The molecule has 1 heterocycles. The number of hydrogen-bond acceptors (Lipinski definition) is 4. The molecule has 0 bridgehead atoms. The first-order valence-corrected chi connectivity index (χ1v) is 4.79. The van der Waals surface area contributed by atoms with E-state index >= 15 is 0 Å². The van der Waals surface area contributed by atoms with Crippen molar-refractivity contribution >= 4 is 5.84 Å². The summed E-state index contributed by atoms with van der Waals surface area (Å²) in [7, 11) is 4.05. The molecule has 1 aromatic rings. The van der Waals surface area contributed by atoms with Crippen molar-refractivity contribution in [3.05, 3.63) is 18.2 Å². The molecule has 0 radical (unpaired) electrons. The molecule has 15 heavy (non-hydrogen) atoms. The highest BCUT2D eigenvalue weighted by atomic mass is 16.4. The van der Waals surface area contributed by atoms with E-state index in [0.29, 0.717) is 5.82 Å². The second kappa shape index (κ2) is 5.35. The summed E-state index contributed by atoms with van der Waals surface area (Å²) in [6.07, 6.45) is 4.46. The lowest BCUT2D eigenvalue weighted by Crippen LogP contribution is -2.21. The van der Waals surface area contributed by atoms with Gasteiger partial charge >= 0.3 is 0 Å². The van der Waals surface area contributed by atoms with Gasteiger partial charge in [-0.1, -0.05) is 5.16 Å². The molecule has 0 amide bonds. The maximum Gasteiger partial charge on any atom is 0.206 e. The van der Waals surface area contributed by atoms with Gasteiger partial charge in [0.05, 0.1) is 0 Å². The fourth-order valence-electron chi connectivity index (χ4n) is 1.32. The third-order valence-electron chi connectivity index (χ3n) is 2.06. The number of aryl methyl sites for hydroxylation is 1. The van der Waals surface area contributed by atoms with Crippen LogP contribution in [0.5, 0.6) is 0 Å². The Morgan fingerprint density at radius 3 is 3.00 bits per heavy atom. The topological polar surface area (TPSA) is 79.7 Å². The van der Waals surface area contributed by atoms with Crippen molar-refractivity contribution in [1.29, 1.82) is 0 Å². The predicted octanol–water partition coefficient (Wildman–Crippen LogP) is -0.0707. The molecule has 0 aliphatic rings. The summed E-state index contributed by atoms with van der Waals surface area (Å²) in [5.41, 5.74) is 5.48. The quantitative estimate of drug-likeness (QED) is 0.309. The normalized spacial score (nSPS) is 12.3. The second-order valence-corrected chi connectivity index (χ2v) is 3.59. The van der Waals surface area contributed by atoms with Gasteiger partial charge in [0.2, 0.25) is 5.84 Å². The van der Waals surface area contributed by atoms with E-state index in [0.717, 1.165) is 19.5 Å². The molecule has 1 rings (SSSR count). The molecule has 84 valence electrons. The summed E-state index contributed by atoms with van der Waals surface area (Å²) >= 11 is 0. The van der Waals surface area contributed by atoms with Crippen LogP contribution in [0, 0.1) is 0 Å². The summed E-state index contributed by atoms with van der Waals surface area (Å²) in [6.45, 7) is 1.80. The van der Waals surface area contributed by atoms with Crippen LogP contribution in [0.1, 0.15) is 12.2 Å². The highest BCUT2D eigenvalue weighted by Crippen LogP contribution is 1.99. The number of imidazole rings is 1. The first-order chi connectivity index (χ1) is 7.15. The average Bonchev–Trinajstić information content (AvgIpc) is 2.64. The lowest BCUT2D eigenvalue weighted by atomic mass is 10.4. The molecule has 6 heteroatoms. The summed E-state index contributed by atoms with van der Waals surface area (Å²) in [5, 5.41) is 11.5. The van der Waals surface area contributed by atoms with Crippen molar-refractivity contribution in [2.45, 2.75) is 13.0 Å². The number of aromatic nitrogens is 2. The molecule has 0 saturated carbocycles. The third kappa shape index (κ3) is 3.25. The highest BCUT2D eigenvalue weighted by molar-refractivity contribution is 5.93. The molecule has 0 aliphatic heterocycles. The molecule has 0 aliphatic carbocycles. The van der Waals surface area contributed by atoms with Crippen molar-refractivity contribution in [3.8, 4) is 0 Å². The Balaban J connectivity index is 2.58. The standard InChI is InChI=1S/C9H17N5O/c1-13(2)5-3-6-14-7-4-11-9(14)8(10)12-15/h4,7,15H,3,5-6H2,1-2H3,(H2,10,12). The number of hydrogen-bond donors (Lipinski definition) is 2. The largest absolute Gasteiger partial charge is 0.409 e. The number of amidine groups is 1. The van der Waals surface area contributed by atoms with Gasteiger partial charge in [-0.15, -0.1) is 0 Å². The summed E-state index contributed by atoms with van der Waals surface area (Å²) in [5.74, 6) is 0.557. The van der Waals surface area contributed by atoms with Gasteiger partial charge in [-0.3, -0.25) is 0 Å². The van der Waals surface area contributed by atoms with Crippen LogP contribution >= 0.6 is 0 Å². The third-order valence-corrected chi connectivity index (χ3v) is 2.06. The van der Waals surface area contributed by atoms with Crippen molar-refractivity contribution in [3.63, 3.8) is 0 Å². The van der Waals surface area contributed by atoms with E-state index in [1.807, 2.05) is 24.9 Å². The minimum Gasteiger partial charge on any atom is -0.409 e. The molecule has 0 saturated heterocycles. The second-order valence-electron chi connectivity index (χ2n) is 3.59. The Labute approximate surface area is 89.0 Å². The Kier molecular flexibility index (Phi) is 4.11. The lowest BCUT2D eigenvalue weighted by molar-refractivity contribution is 0.318. The summed E-state index contributed by atoms with van der Waals surface area (Å²) < 4.78 is 1.87. The van der Waals surface area contributed by atoms with Crippen molar-refractivity contribution in [2.24, 2.45) is 10.9 Å². The van der Waals surface area contributed by atoms with Gasteiger partial charge in [0.25, 0.3) is 0 Å². The van der Waals surface area contributed by atoms with Gasteiger partial charge in [0, 0.05) is 18.9 Å². The van der Waals surface area contributed by atoms with Crippen LogP contribution in [0.3, 0.4) is 0 Å². The van der Waals surface area contributed by atoms with Crippen LogP contribution < -0.4 is 5.73 Å². The Bertz CT molecular complexity index is 331. The van der Waals surface area contributed by atoms with E-state index in [1.54, 1.807) is 6.20 Å². The van der Waals surface area contributed by atoms with Gasteiger partial charge in [-0.05, 0) is 27.1 Å². The number of nitrogens with two attached hydrogens (primary N) is 1. The molecule has 0 spiro atoms. The molecular formula is C9H17N5O. The molecule has 0 aromatic carbocycles. The van der Waals surface area contributed by atoms with Gasteiger partial charge in [-0.2, -0.15) is 0 Å². The molecule has 6 nitrogen and oxygen atoms in total. The minimum atomic E-state index is 0.0462. The van der Waals surface area contributed by atoms with Crippen LogP contribution in [-0.4, -0.2) is 46.1 Å². The van der Waals surface area contributed by atoms with Crippen molar-refractivity contribution in [1.82, 2.24) is 14.5 Å². The van der Waals surface area contributed by atoms with Crippen LogP contribution in [-0.2, 0) is 6.54 Å². The van der Waals surface area contributed by atoms with Gasteiger partial charge in [0.1, 0.15) is 0 Å². The highest BCUT2D eigenvalue weighted by Gasteiger charge is 2.06. The van der Waals surface area contributed by atoms with E-state index in [4.69, 9.17) is 10.9 Å². The smallest absolute Gasteiger partial charge is 0.206 e. The Morgan fingerprint density at radius 1 is 1.67 bits per heavy atom. The predicted molar refractivity (Wildman–Crippen MR) is 57.9 cm³/mol. The van der Waals surface area contributed by atoms with Gasteiger partial charge in [0.15, 0.2) is 5.82 Å². The van der Waals surface area contributed by atoms with E-state index in [9.17, 15) is 0 Å². The molecule has 0 atom stereocenters. The van der Waals surface area contributed by atoms with E-state index in [1.165, 1.54) is 0 Å². The van der Waals surface area contributed by atoms with E-state index < -0.39 is 0 Å². The maximum absolute atomic E-state index is 8.55. The van der Waals surface area contributed by atoms with Gasteiger partial charge in [-0.25, -0.2) is 4.98 Å². The van der Waals surface area contributed by atoms with Crippen LogP contribution in [0.2, 0.25) is 0 Å². The zero-order valence-electron chi connectivity index (χ0n) is 9.09. The Hall–Kier alpha value is -1.56. The molecule has 1 aromatic heterocycles. The molecule has 0 unspecified atom stereocenters. The lowest BCUT2D eigenvalue weighted by Gasteiger charge is -2.10. The van der Waals surface area contributed by atoms with Crippen LogP contribution in [0.25, 0.3) is 0 Å². The minimum absolute atomic E-state index is 0.0462. The molecular weight excluding hydrogens is 194 g/mol. The summed E-state index contributed by atoms with van der Waals surface area (Å²) in [4.78, 5) is 6.13. The number of oxime groups is 1. The fraction of sp³-hybridized carbons (Fsp3) is 0.556. The first-order valence-electron chi connectivity index (χ1n) is 4.79. The fourth-order valence-corrected chi connectivity index (χ4v) is 1.32. The van der Waals surface area contributed by atoms with Crippen molar-refractivity contribution in [2.75, 3.05) is 20.6 Å². The zero-order valence-corrected chi connectivity index (χ0v) is 9.09. The maximum atomic E-state index is 8.55. The molecule has 0 fully saturated rings. The average molecular weight is 211 g/mol. The van der Waals surface area contributed by atoms with Crippen molar-refractivity contribution < 1.29 is 5.21 Å². The van der Waals surface area contributed by atoms with Crippen LogP contribution in [0.15, 0.2) is 17.5 Å². The number of nitrogens with zero attached hydrogens (tertiary/aromatic N) is 4. The van der Waals surface area contributed by atoms with Gasteiger partial charge < -0.3 is 20.4 Å². The number of rotatable bonds is 5. The Morgan fingerprint density at radius 2 is 2.40 bits per heavy atom. The SMILES string of the molecule is CN(C)CCCn1ccnc1/C(N)=N/O. The van der Waals surface area contributed by atoms with Crippen LogP contribution in [0.4, 0.5) is 0 Å². The molecule has 3 N–H and O–H groups in total.